The molecule has 88 valence electrons. The monoisotopic (exact) mass is 229 g/mol. The highest BCUT2D eigenvalue weighted by atomic mass is 19.1. The van der Waals surface area contributed by atoms with Crippen LogP contribution in [0.1, 0.15) is 11.1 Å². The average Bonchev–Trinajstić information content (AvgIpc) is 2.33. The summed E-state index contributed by atoms with van der Waals surface area (Å²) in [5.41, 5.74) is 4.66. The lowest BCUT2D eigenvalue weighted by Gasteiger charge is -2.10. The van der Waals surface area contributed by atoms with Gasteiger partial charge in [-0.2, -0.15) is 0 Å². The summed E-state index contributed by atoms with van der Waals surface area (Å²) in [6.07, 6.45) is 0. The lowest BCUT2D eigenvalue weighted by molar-refractivity contribution is 0.628. The standard InChI is InChI=1S/C15H16FN/c1-11-3-4-13(10-17-2)15(9-11)12-5-7-14(16)8-6-12/h3-9,17H,10H2,1-2H3. The normalized spacial score (nSPS) is 10.5. The van der Waals surface area contributed by atoms with E-state index in [4.69, 9.17) is 0 Å². The summed E-state index contributed by atoms with van der Waals surface area (Å²) in [6.45, 7) is 2.88. The Hall–Kier alpha value is -1.67. The molecule has 0 aliphatic rings. The molecule has 1 N–H and O–H groups in total. The number of benzene rings is 2. The van der Waals surface area contributed by atoms with Gasteiger partial charge in [-0.3, -0.25) is 0 Å². The van der Waals surface area contributed by atoms with Crippen LogP contribution in [0.25, 0.3) is 11.1 Å². The van der Waals surface area contributed by atoms with Crippen LogP contribution in [-0.4, -0.2) is 7.05 Å². The van der Waals surface area contributed by atoms with Gasteiger partial charge in [0, 0.05) is 6.54 Å². The van der Waals surface area contributed by atoms with Crippen molar-refractivity contribution in [2.24, 2.45) is 0 Å². The van der Waals surface area contributed by atoms with Crippen LogP contribution < -0.4 is 5.32 Å². The molecule has 0 aliphatic heterocycles. The van der Waals surface area contributed by atoms with Crippen LogP contribution in [-0.2, 0) is 6.54 Å². The number of hydrogen-bond acceptors (Lipinski definition) is 1. The maximum atomic E-state index is 12.9. The van der Waals surface area contributed by atoms with Crippen molar-refractivity contribution in [3.63, 3.8) is 0 Å². The highest BCUT2D eigenvalue weighted by molar-refractivity contribution is 5.68. The first-order chi connectivity index (χ1) is 8.20. The first-order valence-corrected chi connectivity index (χ1v) is 5.71. The average molecular weight is 229 g/mol. The predicted molar refractivity (Wildman–Crippen MR) is 69.3 cm³/mol. The van der Waals surface area contributed by atoms with Crippen LogP contribution in [0.2, 0.25) is 0 Å². The van der Waals surface area contributed by atoms with Gasteiger partial charge in [0.2, 0.25) is 0 Å². The zero-order chi connectivity index (χ0) is 12.3. The van der Waals surface area contributed by atoms with Gasteiger partial charge in [-0.05, 0) is 42.8 Å². The highest BCUT2D eigenvalue weighted by Crippen LogP contribution is 2.25. The number of hydrogen-bond donors (Lipinski definition) is 1. The molecule has 2 heteroatoms. The first-order valence-electron chi connectivity index (χ1n) is 5.71. The number of rotatable bonds is 3. The van der Waals surface area contributed by atoms with Crippen molar-refractivity contribution < 1.29 is 4.39 Å². The second-order valence-electron chi connectivity index (χ2n) is 4.20. The van der Waals surface area contributed by atoms with E-state index in [2.05, 4.69) is 30.4 Å². The number of nitrogens with one attached hydrogen (secondary N) is 1. The van der Waals surface area contributed by atoms with Gasteiger partial charge in [-0.1, -0.05) is 35.9 Å². The highest BCUT2D eigenvalue weighted by Gasteiger charge is 2.05. The van der Waals surface area contributed by atoms with Gasteiger partial charge >= 0.3 is 0 Å². The number of aryl methyl sites for hydroxylation is 1. The van der Waals surface area contributed by atoms with Crippen LogP contribution in [0, 0.1) is 12.7 Å². The third-order valence-corrected chi connectivity index (χ3v) is 2.79. The van der Waals surface area contributed by atoms with Gasteiger partial charge in [0.05, 0.1) is 0 Å². The second-order valence-corrected chi connectivity index (χ2v) is 4.20. The Labute approximate surface area is 101 Å². The van der Waals surface area contributed by atoms with Gasteiger partial charge in [0.25, 0.3) is 0 Å². The molecule has 0 saturated carbocycles. The summed E-state index contributed by atoms with van der Waals surface area (Å²) in [4.78, 5) is 0. The molecule has 0 spiro atoms. The van der Waals surface area contributed by atoms with Crippen molar-refractivity contribution in [3.05, 3.63) is 59.4 Å². The molecule has 0 heterocycles. The van der Waals surface area contributed by atoms with E-state index < -0.39 is 0 Å². The predicted octanol–water partition coefficient (Wildman–Crippen LogP) is 3.52. The zero-order valence-electron chi connectivity index (χ0n) is 10.1. The minimum atomic E-state index is -0.198. The van der Waals surface area contributed by atoms with Gasteiger partial charge in [-0.15, -0.1) is 0 Å². The molecular formula is C15H16FN. The van der Waals surface area contributed by atoms with E-state index in [1.54, 1.807) is 0 Å². The van der Waals surface area contributed by atoms with Crippen LogP contribution in [0.3, 0.4) is 0 Å². The van der Waals surface area contributed by atoms with Gasteiger partial charge < -0.3 is 5.32 Å². The van der Waals surface area contributed by atoms with Crippen LogP contribution in [0.5, 0.6) is 0 Å². The van der Waals surface area contributed by atoms with Crippen molar-refractivity contribution in [3.8, 4) is 11.1 Å². The SMILES string of the molecule is CNCc1ccc(C)cc1-c1ccc(F)cc1. The Morgan fingerprint density at radius 2 is 1.76 bits per heavy atom. The molecule has 0 radical (unpaired) electrons. The van der Waals surface area contributed by atoms with Crippen LogP contribution in [0.15, 0.2) is 42.5 Å². The van der Waals surface area contributed by atoms with Crippen molar-refractivity contribution in [1.29, 1.82) is 0 Å². The quantitative estimate of drug-likeness (QED) is 0.849. The fourth-order valence-corrected chi connectivity index (χ4v) is 1.93. The molecule has 17 heavy (non-hydrogen) atoms. The van der Waals surface area contributed by atoms with Gasteiger partial charge in [0.1, 0.15) is 5.82 Å². The van der Waals surface area contributed by atoms with E-state index in [9.17, 15) is 4.39 Å². The molecule has 0 bridgehead atoms. The van der Waals surface area contributed by atoms with E-state index in [-0.39, 0.29) is 5.82 Å². The maximum Gasteiger partial charge on any atom is 0.123 e. The summed E-state index contributed by atoms with van der Waals surface area (Å²) in [5.74, 6) is -0.198. The van der Waals surface area contributed by atoms with Crippen molar-refractivity contribution >= 4 is 0 Å². The van der Waals surface area contributed by atoms with E-state index in [1.807, 2.05) is 19.2 Å². The minimum Gasteiger partial charge on any atom is -0.316 e. The molecule has 0 fully saturated rings. The molecule has 0 aliphatic carbocycles. The molecule has 2 aromatic rings. The van der Waals surface area contributed by atoms with E-state index >= 15 is 0 Å². The first kappa shape index (κ1) is 11.8. The van der Waals surface area contributed by atoms with E-state index in [0.717, 1.165) is 12.1 Å². The summed E-state index contributed by atoms with van der Waals surface area (Å²) in [5, 5.41) is 3.15. The van der Waals surface area contributed by atoms with E-state index in [1.165, 1.54) is 28.8 Å². The summed E-state index contributed by atoms with van der Waals surface area (Å²) in [6, 6.07) is 13.0. The molecule has 0 unspecified atom stereocenters. The van der Waals surface area contributed by atoms with Crippen LogP contribution >= 0.6 is 0 Å². The lowest BCUT2D eigenvalue weighted by Crippen LogP contribution is -2.06. The van der Waals surface area contributed by atoms with E-state index in [0.29, 0.717) is 0 Å². The molecular weight excluding hydrogens is 213 g/mol. The third-order valence-electron chi connectivity index (χ3n) is 2.79. The topological polar surface area (TPSA) is 12.0 Å². The van der Waals surface area contributed by atoms with Crippen LogP contribution in [0.4, 0.5) is 4.39 Å². The lowest BCUT2D eigenvalue weighted by atomic mass is 9.97. The molecule has 0 aromatic heterocycles. The summed E-state index contributed by atoms with van der Waals surface area (Å²) in [7, 11) is 1.92. The van der Waals surface area contributed by atoms with Crippen molar-refractivity contribution in [2.75, 3.05) is 7.05 Å². The fourth-order valence-electron chi connectivity index (χ4n) is 1.93. The molecule has 1 nitrogen and oxygen atoms in total. The largest absolute Gasteiger partial charge is 0.316 e. The zero-order valence-corrected chi connectivity index (χ0v) is 10.1. The van der Waals surface area contributed by atoms with Crippen molar-refractivity contribution in [2.45, 2.75) is 13.5 Å². The Morgan fingerprint density at radius 3 is 2.41 bits per heavy atom. The van der Waals surface area contributed by atoms with Gasteiger partial charge in [0.15, 0.2) is 0 Å². The Morgan fingerprint density at radius 1 is 1.06 bits per heavy atom. The maximum absolute atomic E-state index is 12.9. The minimum absolute atomic E-state index is 0.198. The number of halogens is 1. The second kappa shape index (κ2) is 5.11. The molecule has 2 rings (SSSR count). The molecule has 2 aromatic carbocycles. The summed E-state index contributed by atoms with van der Waals surface area (Å²) >= 11 is 0. The summed E-state index contributed by atoms with van der Waals surface area (Å²) < 4.78 is 12.9. The molecule has 0 atom stereocenters. The van der Waals surface area contributed by atoms with Gasteiger partial charge in [-0.25, -0.2) is 4.39 Å². The van der Waals surface area contributed by atoms with Crippen molar-refractivity contribution in [1.82, 2.24) is 5.32 Å². The Balaban J connectivity index is 2.48. The Bertz CT molecular complexity index is 503. The third kappa shape index (κ3) is 2.71. The fraction of sp³-hybridized carbons (Fsp3) is 0.200. The smallest absolute Gasteiger partial charge is 0.123 e. The molecule has 0 saturated heterocycles. The Kier molecular flexibility index (Phi) is 3.55. The molecule has 0 amide bonds.